The van der Waals surface area contributed by atoms with Crippen molar-refractivity contribution in [3.8, 4) is 0 Å². The van der Waals surface area contributed by atoms with Gasteiger partial charge < -0.3 is 10.2 Å². The van der Waals surface area contributed by atoms with Crippen molar-refractivity contribution < 1.29 is 13.2 Å². The Hall–Kier alpha value is -0.780. The Morgan fingerprint density at radius 3 is 2.36 bits per heavy atom. The quantitative estimate of drug-likeness (QED) is 0.861. The van der Waals surface area contributed by atoms with Crippen molar-refractivity contribution in [3.05, 3.63) is 0 Å². The fourth-order valence-electron chi connectivity index (χ4n) is 3.68. The Morgan fingerprint density at radius 1 is 1.14 bits per heavy atom. The summed E-state index contributed by atoms with van der Waals surface area (Å²) in [7, 11) is -2.97. The average Bonchev–Trinajstić information content (AvgIpc) is 2.54. The molecule has 128 valence electrons. The molecule has 2 fully saturated rings. The van der Waals surface area contributed by atoms with Crippen LogP contribution in [0.25, 0.3) is 0 Å². The van der Waals surface area contributed by atoms with Gasteiger partial charge in [0.05, 0.1) is 5.25 Å². The van der Waals surface area contributed by atoms with Crippen molar-refractivity contribution in [1.29, 1.82) is 0 Å². The Morgan fingerprint density at radius 2 is 1.77 bits per heavy atom. The second kappa shape index (κ2) is 7.66. The van der Waals surface area contributed by atoms with Crippen LogP contribution in [0.2, 0.25) is 0 Å². The fraction of sp³-hybridized carbons (Fsp3) is 0.938. The van der Waals surface area contributed by atoms with Crippen molar-refractivity contribution in [3.63, 3.8) is 0 Å². The summed E-state index contributed by atoms with van der Waals surface area (Å²) in [6.45, 7) is 5.83. The van der Waals surface area contributed by atoms with Gasteiger partial charge in [0.1, 0.15) is 0 Å². The Balaban J connectivity index is 1.75. The molecular formula is C16H30N2O3S. The van der Waals surface area contributed by atoms with Crippen molar-refractivity contribution >= 4 is 15.9 Å². The summed E-state index contributed by atoms with van der Waals surface area (Å²) in [6, 6.07) is -0.0230. The molecule has 22 heavy (non-hydrogen) atoms. The van der Waals surface area contributed by atoms with E-state index in [2.05, 4.69) is 12.2 Å². The normalized spacial score (nSPS) is 27.6. The number of carbonyl (C=O) groups excluding carboxylic acids is 1. The SMILES string of the molecule is CCS(=O)(=O)C1CCN(C(=O)NC[C@@H]2CCCC[C@H]2C)CC1. The molecule has 1 saturated heterocycles. The summed E-state index contributed by atoms with van der Waals surface area (Å²) in [5.74, 6) is 1.48. The predicted molar refractivity (Wildman–Crippen MR) is 88.6 cm³/mol. The van der Waals surface area contributed by atoms with Gasteiger partial charge in [0.2, 0.25) is 0 Å². The van der Waals surface area contributed by atoms with E-state index in [1.807, 2.05) is 0 Å². The van der Waals surface area contributed by atoms with Crippen LogP contribution in [-0.2, 0) is 9.84 Å². The molecule has 2 amide bonds. The molecule has 0 radical (unpaired) electrons. The molecule has 0 aromatic carbocycles. The number of nitrogens with zero attached hydrogens (tertiary/aromatic N) is 1. The molecule has 2 aliphatic rings. The van der Waals surface area contributed by atoms with Gasteiger partial charge >= 0.3 is 6.03 Å². The van der Waals surface area contributed by atoms with Crippen molar-refractivity contribution in [2.24, 2.45) is 11.8 Å². The summed E-state index contributed by atoms with van der Waals surface area (Å²) >= 11 is 0. The lowest BCUT2D eigenvalue weighted by atomic mass is 9.80. The lowest BCUT2D eigenvalue weighted by Crippen LogP contribution is -2.48. The van der Waals surface area contributed by atoms with Gasteiger partial charge in [0.15, 0.2) is 9.84 Å². The molecule has 0 spiro atoms. The van der Waals surface area contributed by atoms with Crippen LogP contribution in [0.3, 0.4) is 0 Å². The molecule has 1 aliphatic heterocycles. The third kappa shape index (κ3) is 4.37. The molecule has 0 unspecified atom stereocenters. The predicted octanol–water partition coefficient (Wildman–Crippen LogP) is 2.42. The van der Waals surface area contributed by atoms with Crippen molar-refractivity contribution in [2.75, 3.05) is 25.4 Å². The molecule has 2 atom stereocenters. The number of hydrogen-bond acceptors (Lipinski definition) is 3. The van der Waals surface area contributed by atoms with E-state index in [0.29, 0.717) is 37.8 Å². The first-order valence-electron chi connectivity index (χ1n) is 8.68. The Labute approximate surface area is 134 Å². The third-order valence-corrected chi connectivity index (χ3v) is 7.74. The molecule has 0 bridgehead atoms. The van der Waals surface area contributed by atoms with Crippen LogP contribution in [0.4, 0.5) is 4.79 Å². The summed E-state index contributed by atoms with van der Waals surface area (Å²) in [4.78, 5) is 14.0. The standard InChI is InChI=1S/C16H30N2O3S/c1-3-22(20,21)15-8-10-18(11-9-15)16(19)17-12-14-7-5-4-6-13(14)2/h13-15H,3-12H2,1-2H3,(H,17,19)/t13-,14+/m1/s1. The lowest BCUT2D eigenvalue weighted by Gasteiger charge is -2.33. The van der Waals surface area contributed by atoms with E-state index in [9.17, 15) is 13.2 Å². The topological polar surface area (TPSA) is 66.5 Å². The minimum absolute atomic E-state index is 0.0230. The van der Waals surface area contributed by atoms with Gasteiger partial charge in [-0.1, -0.05) is 33.1 Å². The van der Waals surface area contributed by atoms with Crippen LogP contribution < -0.4 is 5.32 Å². The number of nitrogens with one attached hydrogen (secondary N) is 1. The number of sulfone groups is 1. The maximum absolute atomic E-state index is 12.2. The second-order valence-corrected chi connectivity index (χ2v) is 9.42. The highest BCUT2D eigenvalue weighted by atomic mass is 32.2. The number of amides is 2. The molecule has 1 aliphatic carbocycles. The Kier molecular flexibility index (Phi) is 6.12. The number of piperidine rings is 1. The van der Waals surface area contributed by atoms with Crippen molar-refractivity contribution in [1.82, 2.24) is 10.2 Å². The zero-order chi connectivity index (χ0) is 16.2. The molecule has 1 saturated carbocycles. The van der Waals surface area contributed by atoms with Gasteiger partial charge in [-0.05, 0) is 31.1 Å². The fourth-order valence-corrected chi connectivity index (χ4v) is 5.08. The zero-order valence-electron chi connectivity index (χ0n) is 13.9. The molecule has 0 aromatic heterocycles. The van der Waals surface area contributed by atoms with Gasteiger partial charge in [-0.3, -0.25) is 0 Å². The van der Waals surface area contributed by atoms with Gasteiger partial charge in [-0.2, -0.15) is 0 Å². The zero-order valence-corrected chi connectivity index (χ0v) is 14.7. The molecule has 1 heterocycles. The van der Waals surface area contributed by atoms with Gasteiger partial charge in [-0.25, -0.2) is 13.2 Å². The highest BCUT2D eigenvalue weighted by molar-refractivity contribution is 7.92. The van der Waals surface area contributed by atoms with Crippen LogP contribution >= 0.6 is 0 Å². The van der Waals surface area contributed by atoms with Gasteiger partial charge in [-0.15, -0.1) is 0 Å². The summed E-state index contributed by atoms with van der Waals surface area (Å²) < 4.78 is 23.8. The first-order valence-corrected chi connectivity index (χ1v) is 10.4. The maximum atomic E-state index is 12.2. The second-order valence-electron chi connectivity index (χ2n) is 6.85. The van der Waals surface area contributed by atoms with E-state index in [0.717, 1.165) is 6.54 Å². The van der Waals surface area contributed by atoms with E-state index in [1.165, 1.54) is 25.7 Å². The molecule has 5 nitrogen and oxygen atoms in total. The van der Waals surface area contributed by atoms with E-state index in [-0.39, 0.29) is 17.0 Å². The first kappa shape index (κ1) is 17.6. The number of rotatable bonds is 4. The van der Waals surface area contributed by atoms with Crippen LogP contribution in [0.5, 0.6) is 0 Å². The third-order valence-electron chi connectivity index (χ3n) is 5.44. The average molecular weight is 330 g/mol. The minimum Gasteiger partial charge on any atom is -0.338 e. The molecule has 0 aromatic rings. The summed E-state index contributed by atoms with van der Waals surface area (Å²) in [5, 5.41) is 2.79. The van der Waals surface area contributed by atoms with E-state index < -0.39 is 9.84 Å². The summed E-state index contributed by atoms with van der Waals surface area (Å²) in [5.41, 5.74) is 0. The molecule has 1 N–H and O–H groups in total. The molecule has 2 rings (SSSR count). The van der Waals surface area contributed by atoms with E-state index >= 15 is 0 Å². The number of carbonyl (C=O) groups is 1. The minimum atomic E-state index is -2.97. The van der Waals surface area contributed by atoms with Crippen LogP contribution in [0.1, 0.15) is 52.4 Å². The van der Waals surface area contributed by atoms with Crippen LogP contribution in [0.15, 0.2) is 0 Å². The molecule has 6 heteroatoms. The van der Waals surface area contributed by atoms with E-state index in [4.69, 9.17) is 0 Å². The highest BCUT2D eigenvalue weighted by Crippen LogP contribution is 2.29. The van der Waals surface area contributed by atoms with Gasteiger partial charge in [0.25, 0.3) is 0 Å². The van der Waals surface area contributed by atoms with Crippen LogP contribution in [0, 0.1) is 11.8 Å². The monoisotopic (exact) mass is 330 g/mol. The smallest absolute Gasteiger partial charge is 0.317 e. The number of likely N-dealkylation sites (tertiary alicyclic amines) is 1. The van der Waals surface area contributed by atoms with Crippen molar-refractivity contribution in [2.45, 2.75) is 57.6 Å². The van der Waals surface area contributed by atoms with Crippen LogP contribution in [-0.4, -0.2) is 50.0 Å². The Bertz CT molecular complexity index is 470. The number of urea groups is 1. The lowest BCUT2D eigenvalue weighted by molar-refractivity contribution is 0.178. The maximum Gasteiger partial charge on any atom is 0.317 e. The van der Waals surface area contributed by atoms with E-state index in [1.54, 1.807) is 11.8 Å². The largest absolute Gasteiger partial charge is 0.338 e. The van der Waals surface area contributed by atoms with Gasteiger partial charge in [0, 0.05) is 25.4 Å². The highest BCUT2D eigenvalue weighted by Gasteiger charge is 2.30. The molecular weight excluding hydrogens is 300 g/mol. The first-order chi connectivity index (χ1) is 10.4. The number of hydrogen-bond donors (Lipinski definition) is 1. The summed E-state index contributed by atoms with van der Waals surface area (Å²) in [6.07, 6.45) is 6.20.